The van der Waals surface area contributed by atoms with Crippen LogP contribution in [0.15, 0.2) is 11.5 Å². The molecule has 3 rings (SSSR count). The fourth-order valence-corrected chi connectivity index (χ4v) is 1.99. The van der Waals surface area contributed by atoms with Crippen molar-refractivity contribution in [1.29, 1.82) is 0 Å². The highest BCUT2D eigenvalue weighted by Gasteiger charge is 2.52. The zero-order valence-electron chi connectivity index (χ0n) is 12.8. The van der Waals surface area contributed by atoms with E-state index >= 15 is 0 Å². The third-order valence-electron chi connectivity index (χ3n) is 4.01. The molecular weight excluding hydrogens is 258 g/mol. The van der Waals surface area contributed by atoms with E-state index in [0.717, 1.165) is 26.0 Å². The van der Waals surface area contributed by atoms with Crippen LogP contribution >= 0.6 is 0 Å². The Morgan fingerprint density at radius 3 is 2.20 bits per heavy atom. The van der Waals surface area contributed by atoms with Gasteiger partial charge in [-0.25, -0.2) is 0 Å². The molecule has 2 fully saturated rings. The molecule has 0 saturated carbocycles. The molecule has 0 bridgehead atoms. The number of hydrogen-bond donors (Lipinski definition) is 0. The Morgan fingerprint density at radius 2 is 1.80 bits per heavy atom. The molecule has 0 aromatic rings. The highest BCUT2D eigenvalue weighted by atomic mass is 17.2. The van der Waals surface area contributed by atoms with Crippen molar-refractivity contribution in [2.45, 2.75) is 51.6 Å². The first-order valence-electron chi connectivity index (χ1n) is 7.15. The summed E-state index contributed by atoms with van der Waals surface area (Å²) in [5.74, 6) is 0. The van der Waals surface area contributed by atoms with Gasteiger partial charge < -0.3 is 18.9 Å². The Bertz CT molecular complexity index is 329. The Hall–Kier alpha value is -0.330. The van der Waals surface area contributed by atoms with E-state index in [2.05, 4.69) is 43.5 Å². The van der Waals surface area contributed by atoms with Crippen LogP contribution in [0.1, 0.15) is 34.1 Å². The third kappa shape index (κ3) is 3.86. The summed E-state index contributed by atoms with van der Waals surface area (Å²) in [7, 11) is 1.46. The van der Waals surface area contributed by atoms with Gasteiger partial charge in [0.2, 0.25) is 0 Å². The fourth-order valence-electron chi connectivity index (χ4n) is 1.99. The van der Waals surface area contributed by atoms with Gasteiger partial charge in [-0.3, -0.25) is 4.89 Å². The molecule has 0 atom stereocenters. The second kappa shape index (κ2) is 6.62. The van der Waals surface area contributed by atoms with Gasteiger partial charge in [-0.15, -0.1) is 0 Å². The Kier molecular flexibility index (Phi) is 5.31. The standard InChI is InChI=1S/C11H19BO3.C2H4BO2/c1-10(2)11(3,4)15-12(14-10)9-5-7-13-8-6-9;1-2-4-5-3-1/h5H,6-8H2,1-4H3;1-2H2. The molecule has 2 saturated heterocycles. The quantitative estimate of drug-likeness (QED) is 0.543. The van der Waals surface area contributed by atoms with Crippen LogP contribution in [0.3, 0.4) is 0 Å². The van der Waals surface area contributed by atoms with E-state index < -0.39 is 0 Å². The molecule has 20 heavy (non-hydrogen) atoms. The summed E-state index contributed by atoms with van der Waals surface area (Å²) < 4.78 is 17.2. The van der Waals surface area contributed by atoms with Crippen LogP contribution in [0.4, 0.5) is 0 Å². The maximum atomic E-state index is 5.96. The molecule has 3 aliphatic rings. The second-order valence-corrected chi connectivity index (χ2v) is 6.07. The highest BCUT2D eigenvalue weighted by molar-refractivity contribution is 6.54. The summed E-state index contributed by atoms with van der Waals surface area (Å²) in [5, 5.41) is 0. The van der Waals surface area contributed by atoms with E-state index in [1.807, 2.05) is 0 Å². The van der Waals surface area contributed by atoms with Crippen molar-refractivity contribution >= 4 is 14.6 Å². The van der Waals surface area contributed by atoms with Crippen molar-refractivity contribution in [3.63, 3.8) is 0 Å². The Labute approximate surface area is 122 Å². The average molecular weight is 281 g/mol. The van der Waals surface area contributed by atoms with Gasteiger partial charge in [0, 0.05) is 0 Å². The zero-order valence-corrected chi connectivity index (χ0v) is 12.8. The lowest BCUT2D eigenvalue weighted by atomic mass is 9.75. The first-order valence-corrected chi connectivity index (χ1v) is 7.15. The summed E-state index contributed by atoms with van der Waals surface area (Å²) >= 11 is 0. The molecule has 5 nitrogen and oxygen atoms in total. The van der Waals surface area contributed by atoms with Gasteiger partial charge in [0.15, 0.2) is 0 Å². The van der Waals surface area contributed by atoms with Gasteiger partial charge in [-0.2, -0.15) is 0 Å². The van der Waals surface area contributed by atoms with Gasteiger partial charge in [-0.1, -0.05) is 6.08 Å². The maximum absolute atomic E-state index is 5.96. The van der Waals surface area contributed by atoms with E-state index in [4.69, 9.17) is 14.0 Å². The van der Waals surface area contributed by atoms with Crippen molar-refractivity contribution in [3.05, 3.63) is 11.5 Å². The minimum atomic E-state index is -0.239. The predicted octanol–water partition coefficient (Wildman–Crippen LogP) is 1.95. The van der Waals surface area contributed by atoms with Gasteiger partial charge in [-0.05, 0) is 45.9 Å². The van der Waals surface area contributed by atoms with E-state index in [1.165, 1.54) is 5.47 Å². The summed E-state index contributed by atoms with van der Waals surface area (Å²) in [5.41, 5.74) is 0.744. The molecule has 0 aliphatic carbocycles. The summed E-state index contributed by atoms with van der Waals surface area (Å²) in [4.78, 5) is 8.71. The maximum Gasteiger partial charge on any atom is 0.490 e. The van der Waals surface area contributed by atoms with Gasteiger partial charge in [0.25, 0.3) is 0 Å². The SMILES string of the molecule is CC1(C)OB(C2=CCOCC2)OC1(C)C.[B]1CCOO1. The highest BCUT2D eigenvalue weighted by Crippen LogP contribution is 2.39. The minimum absolute atomic E-state index is 0.182. The van der Waals surface area contributed by atoms with Crippen LogP contribution < -0.4 is 0 Å². The molecule has 3 aliphatic heterocycles. The molecule has 111 valence electrons. The molecule has 0 aromatic heterocycles. The van der Waals surface area contributed by atoms with Crippen molar-refractivity contribution < 1.29 is 23.7 Å². The Balaban J connectivity index is 0.000000247. The summed E-state index contributed by atoms with van der Waals surface area (Å²) in [6.45, 7) is 10.5. The van der Waals surface area contributed by atoms with Crippen molar-refractivity contribution in [1.82, 2.24) is 0 Å². The molecule has 0 unspecified atom stereocenters. The van der Waals surface area contributed by atoms with Gasteiger partial charge in [0.05, 0.1) is 31.0 Å². The van der Waals surface area contributed by atoms with Crippen molar-refractivity contribution in [3.8, 4) is 0 Å². The van der Waals surface area contributed by atoms with Crippen LogP contribution in [0.2, 0.25) is 6.32 Å². The van der Waals surface area contributed by atoms with E-state index in [-0.39, 0.29) is 18.3 Å². The monoisotopic (exact) mass is 281 g/mol. The molecular formula is C13H23B2O5. The summed E-state index contributed by atoms with van der Waals surface area (Å²) in [6.07, 6.45) is 3.92. The second-order valence-electron chi connectivity index (χ2n) is 6.07. The number of ether oxygens (including phenoxy) is 1. The molecule has 0 N–H and O–H groups in total. The van der Waals surface area contributed by atoms with Crippen LogP contribution in [0.5, 0.6) is 0 Å². The van der Waals surface area contributed by atoms with E-state index in [1.54, 1.807) is 7.48 Å². The molecule has 3 heterocycles. The Morgan fingerprint density at radius 1 is 1.10 bits per heavy atom. The average Bonchev–Trinajstić information content (AvgIpc) is 3.02. The lowest BCUT2D eigenvalue weighted by molar-refractivity contribution is -0.181. The van der Waals surface area contributed by atoms with Crippen LogP contribution in [0.25, 0.3) is 0 Å². The van der Waals surface area contributed by atoms with Crippen LogP contribution in [-0.2, 0) is 23.7 Å². The van der Waals surface area contributed by atoms with Crippen LogP contribution in [0, 0.1) is 0 Å². The molecule has 7 heteroatoms. The zero-order chi connectivity index (χ0) is 14.6. The molecule has 0 amide bonds. The fraction of sp³-hybridized carbons (Fsp3) is 0.846. The number of rotatable bonds is 1. The van der Waals surface area contributed by atoms with Gasteiger partial charge in [0.1, 0.15) is 0 Å². The third-order valence-corrected chi connectivity index (χ3v) is 4.01. The normalized spacial score (nSPS) is 27.4. The lowest BCUT2D eigenvalue weighted by Crippen LogP contribution is -2.41. The topological polar surface area (TPSA) is 46.2 Å². The van der Waals surface area contributed by atoms with Gasteiger partial charge >= 0.3 is 14.6 Å². The summed E-state index contributed by atoms with van der Waals surface area (Å²) in [6, 6.07) is 0. The van der Waals surface area contributed by atoms with Crippen molar-refractivity contribution in [2.75, 3.05) is 19.8 Å². The smallest absolute Gasteiger partial charge is 0.400 e. The first-order chi connectivity index (χ1) is 9.42. The lowest BCUT2D eigenvalue weighted by Gasteiger charge is -2.32. The first kappa shape index (κ1) is 16.0. The van der Waals surface area contributed by atoms with E-state index in [9.17, 15) is 0 Å². The molecule has 1 radical (unpaired) electrons. The number of hydrogen-bond acceptors (Lipinski definition) is 5. The minimum Gasteiger partial charge on any atom is -0.400 e. The predicted molar refractivity (Wildman–Crippen MR) is 77.2 cm³/mol. The largest absolute Gasteiger partial charge is 0.490 e. The molecule has 0 spiro atoms. The van der Waals surface area contributed by atoms with E-state index in [0.29, 0.717) is 6.61 Å². The molecule has 0 aromatic carbocycles. The van der Waals surface area contributed by atoms with Crippen molar-refractivity contribution in [2.24, 2.45) is 0 Å². The van der Waals surface area contributed by atoms with Crippen LogP contribution in [-0.4, -0.2) is 45.6 Å².